The number of rotatable bonds is 6. The second-order valence-corrected chi connectivity index (χ2v) is 8.05. The molecule has 2 N–H and O–H groups in total. The van der Waals surface area contributed by atoms with Gasteiger partial charge < -0.3 is 10.6 Å². The fraction of sp³-hybridized carbons (Fsp3) is 0.250. The Morgan fingerprint density at radius 3 is 2.65 bits per heavy atom. The van der Waals surface area contributed by atoms with Crippen molar-refractivity contribution < 1.29 is 0 Å². The Kier molecular flexibility index (Phi) is 5.93. The summed E-state index contributed by atoms with van der Waals surface area (Å²) in [5.41, 5.74) is 2.73. The summed E-state index contributed by atoms with van der Waals surface area (Å²) in [6, 6.07) is 13.4. The van der Waals surface area contributed by atoms with Crippen LogP contribution >= 0.6 is 34.8 Å². The van der Waals surface area contributed by atoms with E-state index in [0.29, 0.717) is 21.6 Å². The van der Waals surface area contributed by atoms with Crippen molar-refractivity contribution in [2.45, 2.75) is 25.9 Å². The quantitative estimate of drug-likeness (QED) is 0.511. The molecule has 0 saturated heterocycles. The van der Waals surface area contributed by atoms with Gasteiger partial charge in [0.2, 0.25) is 0 Å². The number of benzene rings is 2. The lowest BCUT2D eigenvalue weighted by molar-refractivity contribution is 0.407. The lowest BCUT2D eigenvalue weighted by Gasteiger charge is -2.28. The van der Waals surface area contributed by atoms with Crippen LogP contribution in [0.25, 0.3) is 10.9 Å². The zero-order valence-corrected chi connectivity index (χ0v) is 16.9. The van der Waals surface area contributed by atoms with E-state index in [1.165, 1.54) is 0 Å². The molecule has 1 heterocycles. The molecule has 0 bridgehead atoms. The molecule has 26 heavy (non-hydrogen) atoms. The first-order valence-electron chi connectivity index (χ1n) is 8.32. The molecule has 1 aromatic heterocycles. The minimum atomic E-state index is -0.159. The van der Waals surface area contributed by atoms with E-state index >= 15 is 0 Å². The van der Waals surface area contributed by atoms with Crippen LogP contribution in [-0.2, 0) is 6.54 Å². The molecule has 0 unspecified atom stereocenters. The Morgan fingerprint density at radius 2 is 1.85 bits per heavy atom. The van der Waals surface area contributed by atoms with E-state index in [4.69, 9.17) is 34.8 Å². The molecule has 0 aliphatic carbocycles. The summed E-state index contributed by atoms with van der Waals surface area (Å²) < 4.78 is 0. The molecule has 0 saturated carbocycles. The molecule has 0 amide bonds. The highest BCUT2D eigenvalue weighted by atomic mass is 35.5. The molecule has 3 rings (SSSR count). The largest absolute Gasteiger partial charge is 0.383 e. The molecular weight excluding hydrogens is 389 g/mol. The highest BCUT2D eigenvalue weighted by Gasteiger charge is 2.18. The van der Waals surface area contributed by atoms with Gasteiger partial charge in [0.15, 0.2) is 0 Å². The van der Waals surface area contributed by atoms with E-state index in [2.05, 4.69) is 29.5 Å². The number of anilines is 1. The number of hydrogen-bond acceptors (Lipinski definition) is 3. The normalized spacial score (nSPS) is 11.7. The van der Waals surface area contributed by atoms with Crippen LogP contribution in [0.4, 0.5) is 5.69 Å². The van der Waals surface area contributed by atoms with E-state index in [9.17, 15) is 0 Å². The zero-order valence-electron chi connectivity index (χ0n) is 14.6. The van der Waals surface area contributed by atoms with Crippen molar-refractivity contribution >= 4 is 51.4 Å². The van der Waals surface area contributed by atoms with Crippen LogP contribution in [0.15, 0.2) is 48.7 Å². The molecule has 136 valence electrons. The Morgan fingerprint density at radius 1 is 1.04 bits per heavy atom. The first-order valence-corrected chi connectivity index (χ1v) is 9.45. The maximum Gasteiger partial charge on any atom is 0.0737 e. The summed E-state index contributed by atoms with van der Waals surface area (Å²) in [7, 11) is 0. The number of nitrogens with one attached hydrogen (secondary N) is 2. The Balaban J connectivity index is 1.67. The Bertz CT molecular complexity index is 925. The summed E-state index contributed by atoms with van der Waals surface area (Å²) in [6.07, 6.45) is 1.78. The summed E-state index contributed by atoms with van der Waals surface area (Å²) >= 11 is 18.4. The maximum atomic E-state index is 6.27. The molecule has 3 aromatic rings. The predicted molar refractivity (Wildman–Crippen MR) is 113 cm³/mol. The van der Waals surface area contributed by atoms with Crippen LogP contribution in [0.1, 0.15) is 19.4 Å². The number of halogens is 3. The lowest BCUT2D eigenvalue weighted by Crippen LogP contribution is -2.44. The van der Waals surface area contributed by atoms with Gasteiger partial charge >= 0.3 is 0 Å². The van der Waals surface area contributed by atoms with Gasteiger partial charge in [-0.1, -0.05) is 46.9 Å². The van der Waals surface area contributed by atoms with Crippen molar-refractivity contribution in [1.29, 1.82) is 0 Å². The third kappa shape index (κ3) is 4.60. The van der Waals surface area contributed by atoms with E-state index < -0.39 is 0 Å². The highest BCUT2D eigenvalue weighted by molar-refractivity contribution is 6.42. The minimum Gasteiger partial charge on any atom is -0.383 e. The molecule has 3 nitrogen and oxygen atoms in total. The van der Waals surface area contributed by atoms with Crippen LogP contribution in [0.5, 0.6) is 0 Å². The average Bonchev–Trinajstić information content (AvgIpc) is 2.61. The zero-order chi connectivity index (χ0) is 18.7. The molecule has 2 aromatic carbocycles. The van der Waals surface area contributed by atoms with Crippen LogP contribution in [0, 0.1) is 0 Å². The molecule has 6 heteroatoms. The molecule has 0 radical (unpaired) electrons. The third-order valence-electron chi connectivity index (χ3n) is 4.21. The predicted octanol–water partition coefficient (Wildman–Crippen LogP) is 6.18. The summed E-state index contributed by atoms with van der Waals surface area (Å²) in [5.74, 6) is 0. The average molecular weight is 409 g/mol. The van der Waals surface area contributed by atoms with E-state index in [1.807, 2.05) is 36.4 Å². The van der Waals surface area contributed by atoms with Gasteiger partial charge in [-0.25, -0.2) is 0 Å². The first kappa shape index (κ1) is 19.2. The molecule has 0 atom stereocenters. The molecule has 0 aliphatic heterocycles. The first-order chi connectivity index (χ1) is 12.4. The minimum absolute atomic E-state index is 0.159. The number of fused-ring (bicyclic) bond motifs is 1. The molecule has 0 aliphatic rings. The van der Waals surface area contributed by atoms with Gasteiger partial charge in [0.05, 0.1) is 15.6 Å². The molecule has 0 fully saturated rings. The smallest absolute Gasteiger partial charge is 0.0737 e. The summed E-state index contributed by atoms with van der Waals surface area (Å²) in [4.78, 5) is 4.37. The number of nitrogens with zero attached hydrogens (tertiary/aromatic N) is 1. The fourth-order valence-electron chi connectivity index (χ4n) is 2.67. The number of pyridine rings is 1. The standard InChI is InChI=1S/C20H20Cl3N3/c1-20(2,26-11-13-4-3-5-16(22)19(13)23)12-25-17-8-9-24-18-10-14(21)6-7-15(17)18/h3-10,26H,11-12H2,1-2H3,(H,24,25). The number of aromatic nitrogens is 1. The summed E-state index contributed by atoms with van der Waals surface area (Å²) in [6.45, 7) is 5.64. The third-order valence-corrected chi connectivity index (χ3v) is 5.31. The van der Waals surface area contributed by atoms with Gasteiger partial charge in [-0.2, -0.15) is 0 Å². The molecule has 0 spiro atoms. The second-order valence-electron chi connectivity index (χ2n) is 6.82. The lowest BCUT2D eigenvalue weighted by atomic mass is 10.0. The topological polar surface area (TPSA) is 37.0 Å². The van der Waals surface area contributed by atoms with Gasteiger partial charge in [0.25, 0.3) is 0 Å². The van der Waals surface area contributed by atoms with E-state index in [-0.39, 0.29) is 5.54 Å². The number of hydrogen-bond donors (Lipinski definition) is 2. The van der Waals surface area contributed by atoms with Crippen LogP contribution in [0.2, 0.25) is 15.1 Å². The van der Waals surface area contributed by atoms with Crippen LogP contribution < -0.4 is 10.6 Å². The van der Waals surface area contributed by atoms with Crippen molar-refractivity contribution in [1.82, 2.24) is 10.3 Å². The van der Waals surface area contributed by atoms with Crippen molar-refractivity contribution in [2.75, 3.05) is 11.9 Å². The highest BCUT2D eigenvalue weighted by Crippen LogP contribution is 2.27. The van der Waals surface area contributed by atoms with E-state index in [1.54, 1.807) is 12.3 Å². The van der Waals surface area contributed by atoms with Crippen molar-refractivity contribution in [2.24, 2.45) is 0 Å². The Hall–Kier alpha value is -1.52. The van der Waals surface area contributed by atoms with Gasteiger partial charge in [0.1, 0.15) is 0 Å². The van der Waals surface area contributed by atoms with Gasteiger partial charge in [-0.3, -0.25) is 4.98 Å². The maximum absolute atomic E-state index is 6.27. The molecular formula is C20H20Cl3N3. The SMILES string of the molecule is CC(C)(CNc1ccnc2cc(Cl)ccc12)NCc1cccc(Cl)c1Cl. The van der Waals surface area contributed by atoms with Gasteiger partial charge in [0, 0.05) is 40.9 Å². The monoisotopic (exact) mass is 407 g/mol. The van der Waals surface area contributed by atoms with E-state index in [0.717, 1.165) is 28.7 Å². The second kappa shape index (κ2) is 8.01. The summed E-state index contributed by atoms with van der Waals surface area (Å²) in [5, 5.41) is 9.94. The van der Waals surface area contributed by atoms with Crippen molar-refractivity contribution in [3.63, 3.8) is 0 Å². The van der Waals surface area contributed by atoms with Gasteiger partial charge in [-0.05, 0) is 49.7 Å². The van der Waals surface area contributed by atoms with Crippen molar-refractivity contribution in [3.05, 3.63) is 69.3 Å². The van der Waals surface area contributed by atoms with Crippen LogP contribution in [-0.4, -0.2) is 17.1 Å². The van der Waals surface area contributed by atoms with Crippen molar-refractivity contribution in [3.8, 4) is 0 Å². The fourth-order valence-corrected chi connectivity index (χ4v) is 3.23. The van der Waals surface area contributed by atoms with Gasteiger partial charge in [-0.15, -0.1) is 0 Å². The van der Waals surface area contributed by atoms with Crippen LogP contribution in [0.3, 0.4) is 0 Å². The Labute approximate surface area is 168 Å².